The molecule has 0 aliphatic carbocycles. The lowest BCUT2D eigenvalue weighted by molar-refractivity contribution is 0.0687. The summed E-state index contributed by atoms with van der Waals surface area (Å²) in [6.45, 7) is 14.1. The summed E-state index contributed by atoms with van der Waals surface area (Å²) in [7, 11) is 0. The predicted molar refractivity (Wildman–Crippen MR) is 53.4 cm³/mol. The van der Waals surface area contributed by atoms with E-state index >= 15 is 0 Å². The topological polar surface area (TPSA) is 6.48 Å². The number of hydrogen-bond acceptors (Lipinski definition) is 2. The molecule has 1 aliphatic heterocycles. The van der Waals surface area contributed by atoms with Crippen molar-refractivity contribution in [3.63, 3.8) is 0 Å². The molecule has 0 unspecified atom stereocenters. The molecule has 1 aliphatic rings. The Hall–Kier alpha value is -0.0800. The summed E-state index contributed by atoms with van der Waals surface area (Å²) in [5.41, 5.74) is 0. The molecule has 0 bridgehead atoms. The number of hydrogen-bond donors (Lipinski definition) is 0. The molecule has 1 heterocycles. The summed E-state index contributed by atoms with van der Waals surface area (Å²) in [5.74, 6) is 0. The van der Waals surface area contributed by atoms with Crippen LogP contribution in [0.25, 0.3) is 0 Å². The van der Waals surface area contributed by atoms with E-state index in [0.29, 0.717) is 6.04 Å². The molecular formula is C10H22N2. The van der Waals surface area contributed by atoms with E-state index in [-0.39, 0.29) is 0 Å². The maximum Gasteiger partial charge on any atom is 0.0195 e. The summed E-state index contributed by atoms with van der Waals surface area (Å²) < 4.78 is 0. The van der Waals surface area contributed by atoms with Crippen molar-refractivity contribution < 1.29 is 0 Å². The van der Waals surface area contributed by atoms with Gasteiger partial charge in [0.2, 0.25) is 0 Å². The Kier molecular flexibility index (Phi) is 3.53. The van der Waals surface area contributed by atoms with Crippen molar-refractivity contribution in [1.29, 1.82) is 0 Å². The molecule has 0 N–H and O–H groups in total. The van der Waals surface area contributed by atoms with E-state index in [9.17, 15) is 0 Å². The molecule has 2 nitrogen and oxygen atoms in total. The minimum absolute atomic E-state index is 0.714. The van der Waals surface area contributed by atoms with Crippen LogP contribution < -0.4 is 0 Å². The monoisotopic (exact) mass is 170 g/mol. The maximum absolute atomic E-state index is 2.57. The maximum atomic E-state index is 2.57. The van der Waals surface area contributed by atoms with Gasteiger partial charge in [0.1, 0.15) is 0 Å². The first-order valence-corrected chi connectivity index (χ1v) is 5.13. The highest BCUT2D eigenvalue weighted by Gasteiger charge is 2.23. The molecule has 1 atom stereocenters. The average Bonchev–Trinajstić information content (AvgIpc) is 2.04. The lowest BCUT2D eigenvalue weighted by Gasteiger charge is -2.41. The summed E-state index contributed by atoms with van der Waals surface area (Å²) in [6.07, 6.45) is 0. The van der Waals surface area contributed by atoms with Gasteiger partial charge in [0.15, 0.2) is 0 Å². The Labute approximate surface area is 76.5 Å². The molecule has 0 spiro atoms. The van der Waals surface area contributed by atoms with Gasteiger partial charge in [-0.2, -0.15) is 0 Å². The zero-order chi connectivity index (χ0) is 9.14. The molecular weight excluding hydrogens is 148 g/mol. The van der Waals surface area contributed by atoms with Crippen LogP contribution in [0.5, 0.6) is 0 Å². The van der Waals surface area contributed by atoms with E-state index in [1.54, 1.807) is 0 Å². The van der Waals surface area contributed by atoms with Crippen molar-refractivity contribution in [2.75, 3.05) is 26.2 Å². The van der Waals surface area contributed by atoms with Crippen LogP contribution in [0.4, 0.5) is 0 Å². The number of nitrogens with zero attached hydrogens (tertiary/aromatic N) is 2. The molecule has 1 saturated heterocycles. The first-order valence-electron chi connectivity index (χ1n) is 5.13. The quantitative estimate of drug-likeness (QED) is 0.618. The standard InChI is InChI=1S/C10H22N2/c1-5-11-6-7-12(9(2)3)8-10(11)4/h9-10H,5-8H2,1-4H3/t10-/m0/s1. The fourth-order valence-corrected chi connectivity index (χ4v) is 1.96. The Morgan fingerprint density at radius 2 is 2.00 bits per heavy atom. The first-order chi connectivity index (χ1) is 5.65. The second-order valence-corrected chi connectivity index (χ2v) is 4.07. The molecule has 0 aromatic carbocycles. The van der Waals surface area contributed by atoms with Crippen LogP contribution in [0.2, 0.25) is 0 Å². The van der Waals surface area contributed by atoms with Crippen molar-refractivity contribution in [2.45, 2.75) is 39.8 Å². The summed E-state index contributed by atoms with van der Waals surface area (Å²) in [6, 6.07) is 1.46. The molecule has 1 fully saturated rings. The van der Waals surface area contributed by atoms with Gasteiger partial charge < -0.3 is 0 Å². The van der Waals surface area contributed by atoms with Crippen molar-refractivity contribution in [3.05, 3.63) is 0 Å². The largest absolute Gasteiger partial charge is 0.298 e. The summed E-state index contributed by atoms with van der Waals surface area (Å²) >= 11 is 0. The fraction of sp³-hybridized carbons (Fsp3) is 1.00. The van der Waals surface area contributed by atoms with E-state index in [2.05, 4.69) is 37.5 Å². The van der Waals surface area contributed by atoms with Gasteiger partial charge in [-0.1, -0.05) is 6.92 Å². The van der Waals surface area contributed by atoms with Crippen molar-refractivity contribution >= 4 is 0 Å². The summed E-state index contributed by atoms with van der Waals surface area (Å²) in [4.78, 5) is 5.12. The van der Waals surface area contributed by atoms with Gasteiger partial charge in [-0.15, -0.1) is 0 Å². The van der Waals surface area contributed by atoms with Gasteiger partial charge >= 0.3 is 0 Å². The van der Waals surface area contributed by atoms with Crippen LogP contribution in [-0.2, 0) is 0 Å². The fourth-order valence-electron chi connectivity index (χ4n) is 1.96. The minimum atomic E-state index is 0.714. The second kappa shape index (κ2) is 4.24. The number of rotatable bonds is 2. The van der Waals surface area contributed by atoms with Gasteiger partial charge in [-0.25, -0.2) is 0 Å². The van der Waals surface area contributed by atoms with Gasteiger partial charge in [-0.05, 0) is 27.3 Å². The molecule has 0 aromatic heterocycles. The van der Waals surface area contributed by atoms with E-state index in [1.807, 2.05) is 0 Å². The zero-order valence-corrected chi connectivity index (χ0v) is 8.88. The van der Waals surface area contributed by atoms with Crippen LogP contribution in [0.3, 0.4) is 0 Å². The molecule has 0 radical (unpaired) electrons. The molecule has 72 valence electrons. The van der Waals surface area contributed by atoms with Gasteiger partial charge in [0.05, 0.1) is 0 Å². The minimum Gasteiger partial charge on any atom is -0.298 e. The van der Waals surface area contributed by atoms with E-state index < -0.39 is 0 Å². The number of piperazine rings is 1. The number of likely N-dealkylation sites (N-methyl/N-ethyl adjacent to an activating group) is 1. The third-order valence-corrected chi connectivity index (χ3v) is 2.93. The average molecular weight is 170 g/mol. The molecule has 12 heavy (non-hydrogen) atoms. The predicted octanol–water partition coefficient (Wildman–Crippen LogP) is 1.42. The van der Waals surface area contributed by atoms with E-state index in [1.165, 1.54) is 26.2 Å². The Morgan fingerprint density at radius 1 is 1.33 bits per heavy atom. The van der Waals surface area contributed by atoms with Crippen molar-refractivity contribution in [2.24, 2.45) is 0 Å². The molecule has 0 saturated carbocycles. The highest BCUT2D eigenvalue weighted by atomic mass is 15.3. The smallest absolute Gasteiger partial charge is 0.0195 e. The molecule has 1 rings (SSSR count). The van der Waals surface area contributed by atoms with Crippen LogP contribution in [0.1, 0.15) is 27.7 Å². The van der Waals surface area contributed by atoms with Gasteiger partial charge in [-0.3, -0.25) is 9.80 Å². The molecule has 0 amide bonds. The van der Waals surface area contributed by atoms with Gasteiger partial charge in [0, 0.05) is 31.7 Å². The van der Waals surface area contributed by atoms with Gasteiger partial charge in [0.25, 0.3) is 0 Å². The Balaban J connectivity index is 2.40. The molecule has 2 heteroatoms. The summed E-state index contributed by atoms with van der Waals surface area (Å²) in [5, 5.41) is 0. The van der Waals surface area contributed by atoms with Crippen LogP contribution >= 0.6 is 0 Å². The third kappa shape index (κ3) is 2.20. The third-order valence-electron chi connectivity index (χ3n) is 2.93. The SMILES string of the molecule is CCN1CCN(C(C)C)C[C@@H]1C. The highest BCUT2D eigenvalue weighted by molar-refractivity contribution is 4.79. The van der Waals surface area contributed by atoms with Crippen LogP contribution in [0.15, 0.2) is 0 Å². The lowest BCUT2D eigenvalue weighted by Crippen LogP contribution is -2.53. The first kappa shape index (κ1) is 10.0. The van der Waals surface area contributed by atoms with Crippen LogP contribution in [0, 0.1) is 0 Å². The van der Waals surface area contributed by atoms with Crippen molar-refractivity contribution in [1.82, 2.24) is 9.80 Å². The van der Waals surface area contributed by atoms with E-state index in [4.69, 9.17) is 0 Å². The lowest BCUT2D eigenvalue weighted by atomic mass is 10.1. The van der Waals surface area contributed by atoms with Crippen molar-refractivity contribution in [3.8, 4) is 0 Å². The second-order valence-electron chi connectivity index (χ2n) is 4.07. The van der Waals surface area contributed by atoms with Crippen LogP contribution in [-0.4, -0.2) is 48.1 Å². The van der Waals surface area contributed by atoms with E-state index in [0.717, 1.165) is 6.04 Å². The molecule has 0 aromatic rings. The zero-order valence-electron chi connectivity index (χ0n) is 8.88. The Bertz CT molecular complexity index is 134. The Morgan fingerprint density at radius 3 is 2.42 bits per heavy atom. The normalized spacial score (nSPS) is 28.2. The highest BCUT2D eigenvalue weighted by Crippen LogP contribution is 2.10.